The van der Waals surface area contributed by atoms with Crippen LogP contribution in [0.4, 0.5) is 11.4 Å². The molecule has 2 unspecified atom stereocenters. The quantitative estimate of drug-likeness (QED) is 0.171. The summed E-state index contributed by atoms with van der Waals surface area (Å²) >= 11 is 0. The van der Waals surface area contributed by atoms with Gasteiger partial charge in [-0.05, 0) is 93.0 Å². The fraction of sp³-hybridized carbons (Fsp3) is 0.0545. The van der Waals surface area contributed by atoms with Crippen molar-refractivity contribution in [2.45, 2.75) is 17.4 Å². The number of fused-ring (bicyclic) bond motifs is 9. The van der Waals surface area contributed by atoms with E-state index in [1.807, 2.05) is 0 Å². The summed E-state index contributed by atoms with van der Waals surface area (Å²) in [6.45, 7) is 0. The van der Waals surface area contributed by atoms with Gasteiger partial charge in [-0.15, -0.1) is 0 Å². The van der Waals surface area contributed by atoms with E-state index in [2.05, 4.69) is 228 Å². The third-order valence-electron chi connectivity index (χ3n) is 12.8. The Bertz CT molecular complexity index is 3040. The maximum Gasteiger partial charge on any atom is 0.0714 e. The normalized spacial score (nSPS) is 17.1. The first-order valence-corrected chi connectivity index (χ1v) is 20.0. The second-order valence-corrected chi connectivity index (χ2v) is 15.6. The summed E-state index contributed by atoms with van der Waals surface area (Å²) in [5.41, 5.74) is 17.3. The molecule has 0 spiro atoms. The van der Waals surface area contributed by atoms with Gasteiger partial charge in [0.1, 0.15) is 0 Å². The van der Waals surface area contributed by atoms with Crippen LogP contribution < -0.4 is 4.90 Å². The third kappa shape index (κ3) is 4.53. The van der Waals surface area contributed by atoms with Crippen LogP contribution in [0.1, 0.15) is 33.7 Å². The van der Waals surface area contributed by atoms with E-state index in [1.54, 1.807) is 0 Å². The number of hydrogen-bond acceptors (Lipinski definition) is 1. The van der Waals surface area contributed by atoms with Gasteiger partial charge in [0.25, 0.3) is 0 Å². The Balaban J connectivity index is 1.06. The van der Waals surface area contributed by atoms with Gasteiger partial charge in [-0.2, -0.15) is 0 Å². The highest BCUT2D eigenvalue weighted by Gasteiger charge is 2.47. The van der Waals surface area contributed by atoms with Crippen LogP contribution in [0.5, 0.6) is 0 Å². The summed E-state index contributed by atoms with van der Waals surface area (Å²) in [4.78, 5) is 2.50. The number of benzene rings is 8. The molecule has 2 heteroatoms. The zero-order valence-electron chi connectivity index (χ0n) is 31.3. The average molecular weight is 727 g/mol. The summed E-state index contributed by atoms with van der Waals surface area (Å²) in [5.74, 6) is 0.303. The highest BCUT2D eigenvalue weighted by atomic mass is 15.2. The van der Waals surface area contributed by atoms with Gasteiger partial charge in [-0.1, -0.05) is 170 Å². The van der Waals surface area contributed by atoms with Crippen molar-refractivity contribution in [2.75, 3.05) is 4.90 Å². The molecule has 0 fully saturated rings. The van der Waals surface area contributed by atoms with Gasteiger partial charge in [0.2, 0.25) is 0 Å². The molecule has 8 aromatic carbocycles. The Hall–Kier alpha value is -7.16. The van der Waals surface area contributed by atoms with Crippen molar-refractivity contribution in [1.82, 2.24) is 4.57 Å². The van der Waals surface area contributed by atoms with E-state index in [1.165, 1.54) is 88.9 Å². The summed E-state index contributed by atoms with van der Waals surface area (Å²) in [6.07, 6.45) is 9.11. The van der Waals surface area contributed by atoms with Gasteiger partial charge >= 0.3 is 0 Å². The molecule has 0 N–H and O–H groups in total. The number of rotatable bonds is 5. The largest absolute Gasteiger partial charge is 0.333 e. The molecule has 0 amide bonds. The molecule has 57 heavy (non-hydrogen) atoms. The van der Waals surface area contributed by atoms with Crippen LogP contribution in [-0.2, 0) is 5.41 Å². The first-order chi connectivity index (χ1) is 28.3. The number of anilines is 2. The molecule has 0 bridgehead atoms. The van der Waals surface area contributed by atoms with E-state index in [0.717, 1.165) is 0 Å². The molecule has 1 aliphatic heterocycles. The molecule has 2 aliphatic carbocycles. The van der Waals surface area contributed by atoms with E-state index < -0.39 is 5.41 Å². The lowest BCUT2D eigenvalue weighted by Gasteiger charge is -2.34. The minimum absolute atomic E-state index is 0.267. The summed E-state index contributed by atoms with van der Waals surface area (Å²) in [5, 5.41) is 2.52. The standard InChI is InChI=1S/C55H38N2/c1-4-17-39(18-5-1)55(40-19-6-2-7-20-40)47-26-13-10-25-44(47)54-48(55)27-16-30-53(54)57-50-29-15-12-24-43(50)46-36-38(32-34-52(46)57)37-31-33-51-45(35-37)42-23-11-14-28-49(42)56(51)41-21-8-3-9-22-41/h1-36,42,49H. The van der Waals surface area contributed by atoms with Crippen molar-refractivity contribution >= 4 is 33.2 Å². The van der Waals surface area contributed by atoms with Crippen molar-refractivity contribution in [3.8, 4) is 27.9 Å². The van der Waals surface area contributed by atoms with Crippen LogP contribution in [0.3, 0.4) is 0 Å². The smallest absolute Gasteiger partial charge is 0.0714 e. The Morgan fingerprint density at radius 1 is 0.439 bits per heavy atom. The predicted molar refractivity (Wildman–Crippen MR) is 237 cm³/mol. The Kier molecular flexibility index (Phi) is 7.00. The van der Waals surface area contributed by atoms with Crippen molar-refractivity contribution in [3.05, 3.63) is 246 Å². The molecule has 9 aromatic rings. The first-order valence-electron chi connectivity index (χ1n) is 20.0. The van der Waals surface area contributed by atoms with Crippen LogP contribution in [0, 0.1) is 0 Å². The van der Waals surface area contributed by atoms with Gasteiger partial charge in [-0.3, -0.25) is 0 Å². The Morgan fingerprint density at radius 3 is 1.88 bits per heavy atom. The van der Waals surface area contributed by atoms with Crippen molar-refractivity contribution in [3.63, 3.8) is 0 Å². The van der Waals surface area contributed by atoms with E-state index in [4.69, 9.17) is 0 Å². The van der Waals surface area contributed by atoms with Crippen LogP contribution in [0.15, 0.2) is 218 Å². The number of nitrogens with zero attached hydrogens (tertiary/aromatic N) is 2. The average Bonchev–Trinajstić information content (AvgIpc) is 3.91. The molecular formula is C55H38N2. The number of aromatic nitrogens is 1. The van der Waals surface area contributed by atoms with E-state index >= 15 is 0 Å². The summed E-state index contributed by atoms with van der Waals surface area (Å²) in [7, 11) is 0. The molecule has 2 nitrogen and oxygen atoms in total. The number of hydrogen-bond donors (Lipinski definition) is 0. The lowest BCUT2D eigenvalue weighted by Crippen LogP contribution is -2.28. The molecular weight excluding hydrogens is 689 g/mol. The number of allylic oxidation sites excluding steroid dienone is 2. The molecule has 268 valence electrons. The molecule has 3 aliphatic rings. The van der Waals surface area contributed by atoms with E-state index in [9.17, 15) is 0 Å². The van der Waals surface area contributed by atoms with Gasteiger partial charge < -0.3 is 9.47 Å². The van der Waals surface area contributed by atoms with E-state index in [0.29, 0.717) is 5.92 Å². The highest BCUT2D eigenvalue weighted by molar-refractivity contribution is 6.11. The minimum atomic E-state index is -0.456. The van der Waals surface area contributed by atoms with Crippen LogP contribution in [-0.4, -0.2) is 10.6 Å². The van der Waals surface area contributed by atoms with E-state index in [-0.39, 0.29) is 6.04 Å². The molecule has 0 saturated carbocycles. The third-order valence-corrected chi connectivity index (χ3v) is 12.8. The molecule has 1 aromatic heterocycles. The SMILES string of the molecule is C1=CC2c3cc(-c4ccc5c(c4)c4ccccc4n5-c4cccc5c4-c4ccccc4C5(c4ccccc4)c4ccccc4)ccc3N(c3ccccc3)C2C=C1. The van der Waals surface area contributed by atoms with Gasteiger partial charge in [0, 0.05) is 33.6 Å². The lowest BCUT2D eigenvalue weighted by molar-refractivity contribution is 0.745. The molecule has 0 saturated heterocycles. The van der Waals surface area contributed by atoms with Gasteiger partial charge in [0.05, 0.1) is 28.2 Å². The molecule has 12 rings (SSSR count). The van der Waals surface area contributed by atoms with Crippen molar-refractivity contribution in [1.29, 1.82) is 0 Å². The number of para-hydroxylation sites is 2. The molecule has 2 atom stereocenters. The monoisotopic (exact) mass is 726 g/mol. The van der Waals surface area contributed by atoms with Gasteiger partial charge in [-0.25, -0.2) is 0 Å². The topological polar surface area (TPSA) is 8.17 Å². The highest BCUT2D eigenvalue weighted by Crippen LogP contribution is 2.58. The summed E-state index contributed by atoms with van der Waals surface area (Å²) in [6, 6.07) is 72.3. The predicted octanol–water partition coefficient (Wildman–Crippen LogP) is 13.5. The van der Waals surface area contributed by atoms with Crippen LogP contribution >= 0.6 is 0 Å². The Labute approximate surface area is 332 Å². The van der Waals surface area contributed by atoms with Crippen LogP contribution in [0.2, 0.25) is 0 Å². The zero-order chi connectivity index (χ0) is 37.5. The van der Waals surface area contributed by atoms with Gasteiger partial charge in [0.15, 0.2) is 0 Å². The fourth-order valence-electron chi connectivity index (χ4n) is 10.5. The Morgan fingerprint density at radius 2 is 1.07 bits per heavy atom. The molecule has 0 radical (unpaired) electrons. The molecule has 2 heterocycles. The first kappa shape index (κ1) is 32.1. The van der Waals surface area contributed by atoms with Crippen molar-refractivity contribution in [2.24, 2.45) is 0 Å². The maximum atomic E-state index is 2.51. The second kappa shape index (κ2) is 12.4. The zero-order valence-corrected chi connectivity index (χ0v) is 31.3. The second-order valence-electron chi connectivity index (χ2n) is 15.6. The minimum Gasteiger partial charge on any atom is -0.333 e. The van der Waals surface area contributed by atoms with Crippen molar-refractivity contribution < 1.29 is 0 Å². The van der Waals surface area contributed by atoms with Crippen LogP contribution in [0.25, 0.3) is 49.7 Å². The summed E-state index contributed by atoms with van der Waals surface area (Å²) < 4.78 is 2.51. The maximum absolute atomic E-state index is 2.51. The lowest BCUT2D eigenvalue weighted by atomic mass is 9.68. The fourth-order valence-corrected chi connectivity index (χ4v) is 10.5.